The average Bonchev–Trinajstić information content (AvgIpc) is 1.30. The van der Waals surface area contributed by atoms with Gasteiger partial charge in [-0.25, -0.2) is 5.26 Å². The molecule has 0 aliphatic carbocycles. The molecule has 0 spiro atoms. The van der Waals surface area contributed by atoms with Crippen molar-refractivity contribution in [3.05, 3.63) is 0 Å². The molecule has 0 atom stereocenters. The number of hydrogen-bond acceptors (Lipinski definition) is 2. The Kier molecular flexibility index (Phi) is 0.947. The smallest absolute Gasteiger partial charge is 0.232 e. The molecule has 0 aromatic rings. The lowest BCUT2D eigenvalue weighted by Crippen LogP contribution is -2.06. The van der Waals surface area contributed by atoms with E-state index in [1.165, 1.54) is 0 Å². The highest BCUT2D eigenvalue weighted by Gasteiger charge is 2.67. The molecular formula is HF5O2S. The second-order valence-corrected chi connectivity index (χ2v) is 2.92. The van der Waals surface area contributed by atoms with Crippen molar-refractivity contribution in [2.24, 2.45) is 0 Å². The molecule has 0 aliphatic heterocycles. The zero-order valence-corrected chi connectivity index (χ0v) is 3.97. The van der Waals surface area contributed by atoms with Gasteiger partial charge in [0.25, 0.3) is 0 Å². The summed E-state index contributed by atoms with van der Waals surface area (Å²) in [5, 5.41) is 6.60. The summed E-state index contributed by atoms with van der Waals surface area (Å²) in [6.45, 7) is 0. The van der Waals surface area contributed by atoms with Gasteiger partial charge in [-0.3, -0.25) is 0 Å². The molecule has 0 heterocycles. The van der Waals surface area contributed by atoms with Crippen LogP contribution in [0.4, 0.5) is 19.4 Å². The first-order chi connectivity index (χ1) is 3.04. The van der Waals surface area contributed by atoms with Crippen LogP contribution in [0.25, 0.3) is 0 Å². The highest BCUT2D eigenvalue weighted by Crippen LogP contribution is 2.98. The van der Waals surface area contributed by atoms with Gasteiger partial charge >= 0.3 is 10.5 Å². The van der Waals surface area contributed by atoms with Gasteiger partial charge in [-0.2, -0.15) is 0 Å². The molecule has 0 saturated carbocycles. The van der Waals surface area contributed by atoms with Crippen LogP contribution in [0, 0.1) is 0 Å². The van der Waals surface area contributed by atoms with Crippen molar-refractivity contribution in [3.63, 3.8) is 0 Å². The first-order valence-electron chi connectivity index (χ1n) is 1.12. The maximum Gasteiger partial charge on any atom is 0.422 e. The fourth-order valence-electron chi connectivity index (χ4n) is 0. The van der Waals surface area contributed by atoms with E-state index in [9.17, 15) is 19.4 Å². The minimum atomic E-state index is -9.95. The quantitative estimate of drug-likeness (QED) is 0.363. The van der Waals surface area contributed by atoms with Crippen molar-refractivity contribution in [2.45, 2.75) is 0 Å². The predicted molar refractivity (Wildman–Crippen MR) is 16.8 cm³/mol. The Morgan fingerprint density at radius 1 is 1.00 bits per heavy atom. The zero-order valence-electron chi connectivity index (χ0n) is 3.15. The van der Waals surface area contributed by atoms with Gasteiger partial charge in [0.1, 0.15) is 0 Å². The lowest BCUT2D eigenvalue weighted by Gasteiger charge is -2.34. The monoisotopic (exact) mass is 160 g/mol. The molecule has 1 N–H and O–H groups in total. The Labute approximate surface area is 40.7 Å². The van der Waals surface area contributed by atoms with Gasteiger partial charge in [0, 0.05) is 0 Å². The van der Waals surface area contributed by atoms with Crippen LogP contribution in [0.5, 0.6) is 0 Å². The van der Waals surface area contributed by atoms with Crippen LogP contribution >= 0.6 is 10.5 Å². The Morgan fingerprint density at radius 3 is 1.12 bits per heavy atom. The molecule has 0 aliphatic rings. The Morgan fingerprint density at radius 2 is 1.12 bits per heavy atom. The molecule has 2 nitrogen and oxygen atoms in total. The van der Waals surface area contributed by atoms with Gasteiger partial charge in [0.2, 0.25) is 0 Å². The summed E-state index contributed by atoms with van der Waals surface area (Å²) in [4.78, 5) is 0. The van der Waals surface area contributed by atoms with Crippen LogP contribution in [0.1, 0.15) is 0 Å². The van der Waals surface area contributed by atoms with E-state index in [0.29, 0.717) is 0 Å². The molecule has 0 rings (SSSR count). The van der Waals surface area contributed by atoms with Crippen LogP contribution in [0.3, 0.4) is 0 Å². The van der Waals surface area contributed by atoms with E-state index in [4.69, 9.17) is 5.26 Å². The van der Waals surface area contributed by atoms with Crippen molar-refractivity contribution in [1.29, 1.82) is 0 Å². The molecule has 54 valence electrons. The molecule has 0 bridgehead atoms. The third-order valence-corrected chi connectivity index (χ3v) is 0.423. The van der Waals surface area contributed by atoms with Gasteiger partial charge in [-0.05, 0) is 0 Å². The predicted octanol–water partition coefficient (Wildman–Crippen LogP) is 2.69. The minimum Gasteiger partial charge on any atom is -0.232 e. The third kappa shape index (κ3) is 5.92. The summed E-state index contributed by atoms with van der Waals surface area (Å²) >= 11 is 0. The molecule has 0 aromatic heterocycles. The van der Waals surface area contributed by atoms with Crippen LogP contribution in [-0.4, -0.2) is 5.26 Å². The molecule has 8 heteroatoms. The number of halogens is 5. The first kappa shape index (κ1) is 7.92. The standard InChI is InChI=1S/F5HO2S/c1-8(2,3,4,5)7-6/h6H. The Hall–Kier alpha value is -0.0800. The topological polar surface area (TPSA) is 29.5 Å². The third-order valence-electron chi connectivity index (χ3n) is 0.141. The van der Waals surface area contributed by atoms with Crippen LogP contribution < -0.4 is 0 Å². The molecule has 0 amide bonds. The second kappa shape index (κ2) is 0.957. The normalized spacial score (nSPS) is 21.8. The Bertz CT molecular complexity index is 93.6. The van der Waals surface area contributed by atoms with E-state index >= 15 is 0 Å². The fraction of sp³-hybridized carbons (Fsp3) is 0. The van der Waals surface area contributed by atoms with Crippen molar-refractivity contribution in [1.82, 2.24) is 0 Å². The van der Waals surface area contributed by atoms with Crippen LogP contribution in [0.2, 0.25) is 0 Å². The van der Waals surface area contributed by atoms with E-state index in [1.54, 1.807) is 0 Å². The zero-order chi connectivity index (χ0) is 7.12. The fourth-order valence-corrected chi connectivity index (χ4v) is 0. The summed E-state index contributed by atoms with van der Waals surface area (Å²) in [6, 6.07) is 0. The average molecular weight is 160 g/mol. The van der Waals surface area contributed by atoms with E-state index in [-0.39, 0.29) is 0 Å². The first-order valence-corrected chi connectivity index (χ1v) is 3.00. The number of hydrogen-bond donors (Lipinski definition) is 1. The Balaban J connectivity index is 4.50. The van der Waals surface area contributed by atoms with Gasteiger partial charge in [-0.1, -0.05) is 23.8 Å². The van der Waals surface area contributed by atoms with Gasteiger partial charge in [0.05, 0.1) is 0 Å². The van der Waals surface area contributed by atoms with Gasteiger partial charge in [-0.15, -0.1) is 0 Å². The molecule has 0 fully saturated rings. The van der Waals surface area contributed by atoms with Crippen LogP contribution in [0.15, 0.2) is 0 Å². The summed E-state index contributed by atoms with van der Waals surface area (Å²) in [6.07, 6.45) is 0. The summed E-state index contributed by atoms with van der Waals surface area (Å²) in [7, 11) is -9.95. The second-order valence-electron chi connectivity index (χ2n) is 0.973. The lowest BCUT2D eigenvalue weighted by atomic mass is 15.0. The summed E-state index contributed by atoms with van der Waals surface area (Å²) < 4.78 is 53.5. The van der Waals surface area contributed by atoms with Gasteiger partial charge < -0.3 is 0 Å². The van der Waals surface area contributed by atoms with Gasteiger partial charge in [0.15, 0.2) is 0 Å². The van der Waals surface area contributed by atoms with E-state index in [0.717, 1.165) is 4.33 Å². The van der Waals surface area contributed by atoms with E-state index in [2.05, 4.69) is 0 Å². The SMILES string of the molecule is OOS(F)(F)(F)(F)F. The molecule has 0 aromatic carbocycles. The summed E-state index contributed by atoms with van der Waals surface area (Å²) in [5.41, 5.74) is 0. The van der Waals surface area contributed by atoms with Crippen molar-refractivity contribution in [3.8, 4) is 0 Å². The highest BCUT2D eigenvalue weighted by molar-refractivity contribution is 8.41. The molecule has 8 heavy (non-hydrogen) atoms. The van der Waals surface area contributed by atoms with Crippen molar-refractivity contribution >= 4 is 10.5 Å². The highest BCUT2D eigenvalue weighted by atomic mass is 32.5. The van der Waals surface area contributed by atoms with E-state index in [1.807, 2.05) is 0 Å². The van der Waals surface area contributed by atoms with E-state index < -0.39 is 10.5 Å². The maximum atomic E-state index is 10.5. The van der Waals surface area contributed by atoms with Crippen molar-refractivity contribution < 1.29 is 29.0 Å². The number of rotatable bonds is 1. The lowest BCUT2D eigenvalue weighted by molar-refractivity contribution is -0.174. The summed E-state index contributed by atoms with van der Waals surface area (Å²) in [5.74, 6) is 0. The van der Waals surface area contributed by atoms with Crippen LogP contribution in [-0.2, 0) is 4.33 Å². The molecular weight excluding hydrogens is 159 g/mol. The molecule has 0 unspecified atom stereocenters. The largest absolute Gasteiger partial charge is 0.422 e. The van der Waals surface area contributed by atoms with Crippen molar-refractivity contribution in [2.75, 3.05) is 0 Å². The minimum absolute atomic E-state index is 1.10. The molecule has 0 radical (unpaired) electrons. The molecule has 0 saturated heterocycles. The maximum absolute atomic E-state index is 10.5.